The minimum atomic E-state index is 0.411. The fourth-order valence-corrected chi connectivity index (χ4v) is 2.22. The maximum atomic E-state index is 5.53. The van der Waals surface area contributed by atoms with Crippen LogP contribution >= 0.6 is 0 Å². The van der Waals surface area contributed by atoms with Crippen LogP contribution in [0.5, 0.6) is 0 Å². The van der Waals surface area contributed by atoms with Gasteiger partial charge in [-0.25, -0.2) is 0 Å². The first-order valence-electron chi connectivity index (χ1n) is 6.52. The predicted molar refractivity (Wildman–Crippen MR) is 73.6 cm³/mol. The molecule has 0 aliphatic carbocycles. The van der Waals surface area contributed by atoms with Crippen LogP contribution in [0.15, 0.2) is 34.9 Å². The van der Waals surface area contributed by atoms with Gasteiger partial charge < -0.3 is 14.5 Å². The van der Waals surface area contributed by atoms with Crippen molar-refractivity contribution in [3.63, 3.8) is 0 Å². The van der Waals surface area contributed by atoms with Gasteiger partial charge in [-0.2, -0.15) is 0 Å². The van der Waals surface area contributed by atoms with Crippen molar-refractivity contribution >= 4 is 11.0 Å². The Morgan fingerprint density at radius 1 is 1.33 bits per heavy atom. The molecule has 0 spiro atoms. The smallest absolute Gasteiger partial charge is 0.134 e. The molecule has 1 unspecified atom stereocenters. The summed E-state index contributed by atoms with van der Waals surface area (Å²) in [5, 5.41) is 4.72. The zero-order valence-corrected chi connectivity index (χ0v) is 11.1. The van der Waals surface area contributed by atoms with E-state index in [-0.39, 0.29) is 0 Å². The highest BCUT2D eigenvalue weighted by Crippen LogP contribution is 2.20. The molecule has 0 bridgehead atoms. The molecule has 0 aliphatic heterocycles. The molecule has 1 atom stereocenters. The quantitative estimate of drug-likeness (QED) is 0.815. The molecule has 0 fully saturated rings. The van der Waals surface area contributed by atoms with Crippen LogP contribution in [0.2, 0.25) is 0 Å². The molecule has 0 saturated heterocycles. The molecule has 0 aliphatic rings. The number of fused-ring (bicyclic) bond motifs is 1. The molecule has 18 heavy (non-hydrogen) atoms. The van der Waals surface area contributed by atoms with Crippen LogP contribution in [0.1, 0.15) is 25.3 Å². The van der Waals surface area contributed by atoms with Gasteiger partial charge in [0.25, 0.3) is 0 Å². The molecule has 1 aromatic heterocycles. The average molecular weight is 247 g/mol. The molecule has 2 aromatic rings. The number of hydrogen-bond donors (Lipinski definition) is 1. The summed E-state index contributed by atoms with van der Waals surface area (Å²) >= 11 is 0. The molecule has 1 N–H and O–H groups in total. The van der Waals surface area contributed by atoms with Gasteiger partial charge in [0.2, 0.25) is 0 Å². The maximum absolute atomic E-state index is 5.53. The number of nitrogens with one attached hydrogen (secondary N) is 1. The number of ether oxygens (including phenoxy) is 1. The van der Waals surface area contributed by atoms with Crippen LogP contribution in [0.3, 0.4) is 0 Å². The summed E-state index contributed by atoms with van der Waals surface area (Å²) < 4.78 is 10.8. The molecule has 1 aromatic carbocycles. The lowest BCUT2D eigenvalue weighted by Gasteiger charge is -2.16. The Balaban J connectivity index is 2.00. The first-order valence-corrected chi connectivity index (χ1v) is 6.52. The van der Waals surface area contributed by atoms with Crippen LogP contribution in [0.4, 0.5) is 0 Å². The summed E-state index contributed by atoms with van der Waals surface area (Å²) in [6, 6.07) is 8.54. The maximum Gasteiger partial charge on any atom is 0.134 e. The van der Waals surface area contributed by atoms with E-state index in [0.29, 0.717) is 6.04 Å². The van der Waals surface area contributed by atoms with E-state index >= 15 is 0 Å². The molecular formula is C15H21NO2. The van der Waals surface area contributed by atoms with E-state index in [0.717, 1.165) is 31.6 Å². The normalized spacial score (nSPS) is 13.0. The largest absolute Gasteiger partial charge is 0.464 e. The molecule has 2 rings (SSSR count). The van der Waals surface area contributed by atoms with Crippen molar-refractivity contribution in [1.29, 1.82) is 0 Å². The summed E-state index contributed by atoms with van der Waals surface area (Å²) in [5.41, 5.74) is 2.16. The minimum Gasteiger partial charge on any atom is -0.464 e. The minimum absolute atomic E-state index is 0.411. The number of para-hydroxylation sites is 1. The highest BCUT2D eigenvalue weighted by Gasteiger charge is 2.09. The third-order valence-electron chi connectivity index (χ3n) is 3.15. The zero-order chi connectivity index (χ0) is 12.8. The first-order chi connectivity index (χ1) is 8.85. The number of benzene rings is 1. The monoisotopic (exact) mass is 247 g/mol. The number of furan rings is 1. The first kappa shape index (κ1) is 13.1. The molecule has 0 saturated carbocycles. The van der Waals surface area contributed by atoms with Crippen molar-refractivity contribution in [2.24, 2.45) is 0 Å². The van der Waals surface area contributed by atoms with E-state index in [9.17, 15) is 0 Å². The van der Waals surface area contributed by atoms with E-state index in [1.165, 1.54) is 10.9 Å². The van der Waals surface area contributed by atoms with E-state index in [1.807, 2.05) is 24.5 Å². The molecule has 3 nitrogen and oxygen atoms in total. The molecule has 0 amide bonds. The summed E-state index contributed by atoms with van der Waals surface area (Å²) in [6.07, 6.45) is 4.13. The van der Waals surface area contributed by atoms with Gasteiger partial charge in [-0.1, -0.05) is 31.5 Å². The summed E-state index contributed by atoms with van der Waals surface area (Å²) in [7, 11) is 1.75. The second-order valence-corrected chi connectivity index (χ2v) is 4.58. The van der Waals surface area contributed by atoms with Gasteiger partial charge in [0.1, 0.15) is 5.58 Å². The Hall–Kier alpha value is -1.32. The highest BCUT2D eigenvalue weighted by atomic mass is 16.5. The third-order valence-corrected chi connectivity index (χ3v) is 3.15. The summed E-state index contributed by atoms with van der Waals surface area (Å²) in [6.45, 7) is 3.77. The molecular weight excluding hydrogens is 226 g/mol. The molecule has 1 heterocycles. The zero-order valence-electron chi connectivity index (χ0n) is 11.1. The standard InChI is InChI=1S/C15H21NO2/c1-3-6-13(11-17-2)16-9-12-10-18-15-8-5-4-7-14(12)15/h4-5,7-8,10,13,16H,3,6,9,11H2,1-2H3. The van der Waals surface area contributed by atoms with Crippen molar-refractivity contribution in [3.8, 4) is 0 Å². The Morgan fingerprint density at radius 3 is 2.94 bits per heavy atom. The van der Waals surface area contributed by atoms with Crippen LogP contribution in [-0.4, -0.2) is 19.8 Å². The predicted octanol–water partition coefficient (Wildman–Crippen LogP) is 3.34. The van der Waals surface area contributed by atoms with E-state index in [2.05, 4.69) is 18.3 Å². The number of hydrogen-bond acceptors (Lipinski definition) is 3. The summed E-state index contributed by atoms with van der Waals surface area (Å²) in [4.78, 5) is 0. The van der Waals surface area contributed by atoms with Gasteiger partial charge >= 0.3 is 0 Å². The summed E-state index contributed by atoms with van der Waals surface area (Å²) in [5.74, 6) is 0. The Kier molecular flexibility index (Phi) is 4.79. The third kappa shape index (κ3) is 3.12. The SMILES string of the molecule is CCCC(COC)NCc1coc2ccccc12. The van der Waals surface area contributed by atoms with Crippen molar-refractivity contribution in [1.82, 2.24) is 5.32 Å². The molecule has 3 heteroatoms. The van der Waals surface area contributed by atoms with Crippen molar-refractivity contribution in [2.45, 2.75) is 32.4 Å². The lowest BCUT2D eigenvalue weighted by atomic mass is 10.1. The Morgan fingerprint density at radius 2 is 2.17 bits per heavy atom. The Bertz CT molecular complexity index is 472. The van der Waals surface area contributed by atoms with Crippen LogP contribution < -0.4 is 5.32 Å². The number of rotatable bonds is 7. The van der Waals surface area contributed by atoms with Crippen molar-refractivity contribution in [3.05, 3.63) is 36.1 Å². The van der Waals surface area contributed by atoms with Gasteiger partial charge in [0.15, 0.2) is 0 Å². The highest BCUT2D eigenvalue weighted by molar-refractivity contribution is 5.80. The lowest BCUT2D eigenvalue weighted by Crippen LogP contribution is -2.32. The van der Waals surface area contributed by atoms with Gasteiger partial charge in [0.05, 0.1) is 12.9 Å². The van der Waals surface area contributed by atoms with E-state index in [1.54, 1.807) is 7.11 Å². The van der Waals surface area contributed by atoms with Gasteiger partial charge in [-0.15, -0.1) is 0 Å². The lowest BCUT2D eigenvalue weighted by molar-refractivity contribution is 0.161. The van der Waals surface area contributed by atoms with Crippen molar-refractivity contribution in [2.75, 3.05) is 13.7 Å². The second kappa shape index (κ2) is 6.57. The fraction of sp³-hybridized carbons (Fsp3) is 0.467. The van der Waals surface area contributed by atoms with Crippen LogP contribution in [-0.2, 0) is 11.3 Å². The fourth-order valence-electron chi connectivity index (χ4n) is 2.22. The van der Waals surface area contributed by atoms with Crippen LogP contribution in [0.25, 0.3) is 11.0 Å². The number of methoxy groups -OCH3 is 1. The Labute approximate surface area is 108 Å². The average Bonchev–Trinajstić information content (AvgIpc) is 2.80. The van der Waals surface area contributed by atoms with E-state index < -0.39 is 0 Å². The molecule has 0 radical (unpaired) electrons. The van der Waals surface area contributed by atoms with Crippen molar-refractivity contribution < 1.29 is 9.15 Å². The second-order valence-electron chi connectivity index (χ2n) is 4.58. The van der Waals surface area contributed by atoms with Gasteiger partial charge in [-0.3, -0.25) is 0 Å². The topological polar surface area (TPSA) is 34.4 Å². The molecule has 98 valence electrons. The van der Waals surface area contributed by atoms with E-state index in [4.69, 9.17) is 9.15 Å². The van der Waals surface area contributed by atoms with Crippen LogP contribution in [0, 0.1) is 0 Å². The van der Waals surface area contributed by atoms with Gasteiger partial charge in [-0.05, 0) is 12.5 Å². The van der Waals surface area contributed by atoms with Gasteiger partial charge in [0, 0.05) is 30.6 Å².